The number of methoxy groups -OCH3 is 2. The van der Waals surface area contributed by atoms with Crippen molar-refractivity contribution in [1.29, 1.82) is 0 Å². The minimum atomic E-state index is -0.0292. The molecule has 0 aromatic heterocycles. The van der Waals surface area contributed by atoms with E-state index in [-0.39, 0.29) is 5.91 Å². The zero-order valence-corrected chi connectivity index (χ0v) is 16.6. The highest BCUT2D eigenvalue weighted by atomic mass is 35.5. The Morgan fingerprint density at radius 3 is 2.23 bits per heavy atom. The van der Waals surface area contributed by atoms with E-state index in [1.54, 1.807) is 14.2 Å². The molecule has 0 saturated heterocycles. The van der Waals surface area contributed by atoms with Crippen molar-refractivity contribution in [3.63, 3.8) is 0 Å². The molecular formula is C21H26ClNO3. The highest BCUT2D eigenvalue weighted by molar-refractivity contribution is 6.32. The van der Waals surface area contributed by atoms with Crippen molar-refractivity contribution in [2.75, 3.05) is 19.5 Å². The predicted molar refractivity (Wildman–Crippen MR) is 107 cm³/mol. The number of anilines is 1. The Morgan fingerprint density at radius 1 is 1.04 bits per heavy atom. The minimum absolute atomic E-state index is 0.0292. The molecule has 0 fully saturated rings. The quantitative estimate of drug-likeness (QED) is 0.702. The lowest BCUT2D eigenvalue weighted by molar-refractivity contribution is -0.116. The van der Waals surface area contributed by atoms with E-state index >= 15 is 0 Å². The number of ether oxygens (including phenoxy) is 2. The number of benzene rings is 2. The van der Waals surface area contributed by atoms with Gasteiger partial charge in [0.1, 0.15) is 11.5 Å². The fourth-order valence-electron chi connectivity index (χ4n) is 2.94. The number of carbonyl (C=O) groups excluding carboxylic acids is 1. The maximum absolute atomic E-state index is 12.5. The fourth-order valence-corrected chi connectivity index (χ4v) is 3.23. The summed E-state index contributed by atoms with van der Waals surface area (Å²) in [4.78, 5) is 12.5. The molecule has 0 radical (unpaired) electrons. The molecule has 0 aliphatic rings. The topological polar surface area (TPSA) is 47.6 Å². The maximum Gasteiger partial charge on any atom is 0.224 e. The van der Waals surface area contributed by atoms with Crippen LogP contribution in [0.25, 0.3) is 0 Å². The summed E-state index contributed by atoms with van der Waals surface area (Å²) in [6.07, 6.45) is 2.58. The Labute approximate surface area is 160 Å². The van der Waals surface area contributed by atoms with E-state index in [1.165, 1.54) is 0 Å². The van der Waals surface area contributed by atoms with Gasteiger partial charge in [0.15, 0.2) is 0 Å². The standard InChI is InChI=1S/C21H26ClNO3/c1-5-15-8-9-19(22)18(6-2)21(15)23-20(24)10-7-14-11-16(25-3)13-17(12-14)26-4/h8-9,11-13H,5-7,10H2,1-4H3,(H,23,24). The van der Waals surface area contributed by atoms with Crippen molar-refractivity contribution >= 4 is 23.2 Å². The SMILES string of the molecule is CCc1ccc(Cl)c(CC)c1NC(=O)CCc1cc(OC)cc(OC)c1. The molecule has 0 spiro atoms. The average molecular weight is 376 g/mol. The lowest BCUT2D eigenvalue weighted by Crippen LogP contribution is -2.15. The Balaban J connectivity index is 2.12. The van der Waals surface area contributed by atoms with Crippen LogP contribution < -0.4 is 14.8 Å². The number of rotatable bonds is 8. The number of amides is 1. The first-order valence-electron chi connectivity index (χ1n) is 8.84. The van der Waals surface area contributed by atoms with Gasteiger partial charge in [-0.1, -0.05) is 31.5 Å². The van der Waals surface area contributed by atoms with E-state index in [9.17, 15) is 4.79 Å². The number of nitrogens with one attached hydrogen (secondary N) is 1. The number of hydrogen-bond acceptors (Lipinski definition) is 3. The van der Waals surface area contributed by atoms with E-state index in [1.807, 2.05) is 37.3 Å². The van der Waals surface area contributed by atoms with Gasteiger partial charge in [-0.15, -0.1) is 0 Å². The first-order chi connectivity index (χ1) is 12.5. The van der Waals surface area contributed by atoms with Crippen LogP contribution in [-0.4, -0.2) is 20.1 Å². The molecule has 0 atom stereocenters. The molecule has 1 N–H and O–H groups in total. The fraction of sp³-hybridized carbons (Fsp3) is 0.381. The van der Waals surface area contributed by atoms with Gasteiger partial charge in [-0.05, 0) is 54.2 Å². The van der Waals surface area contributed by atoms with Crippen LogP contribution in [0.5, 0.6) is 11.5 Å². The molecule has 2 rings (SSSR count). The molecule has 2 aromatic carbocycles. The van der Waals surface area contributed by atoms with Crippen LogP contribution in [0, 0.1) is 0 Å². The van der Waals surface area contributed by atoms with Gasteiger partial charge in [0.25, 0.3) is 0 Å². The number of hydrogen-bond donors (Lipinski definition) is 1. The average Bonchev–Trinajstić information content (AvgIpc) is 2.66. The van der Waals surface area contributed by atoms with Crippen LogP contribution in [0.15, 0.2) is 30.3 Å². The summed E-state index contributed by atoms with van der Waals surface area (Å²) in [6, 6.07) is 9.53. The van der Waals surface area contributed by atoms with Crippen LogP contribution in [0.3, 0.4) is 0 Å². The lowest BCUT2D eigenvalue weighted by Gasteiger charge is -2.16. The van der Waals surface area contributed by atoms with Crippen LogP contribution in [0.2, 0.25) is 5.02 Å². The zero-order chi connectivity index (χ0) is 19.1. The molecule has 0 bridgehead atoms. The third-order valence-corrected chi connectivity index (χ3v) is 4.75. The lowest BCUT2D eigenvalue weighted by atomic mass is 10.0. The van der Waals surface area contributed by atoms with Crippen LogP contribution >= 0.6 is 11.6 Å². The predicted octanol–water partition coefficient (Wildman–Crippen LogP) is 5.05. The number of halogens is 1. The van der Waals surface area contributed by atoms with Crippen LogP contribution in [0.4, 0.5) is 5.69 Å². The Hall–Kier alpha value is -2.20. The second-order valence-corrected chi connectivity index (χ2v) is 6.44. The monoisotopic (exact) mass is 375 g/mol. The van der Waals surface area contributed by atoms with E-state index < -0.39 is 0 Å². The van der Waals surface area contributed by atoms with Crippen molar-refractivity contribution in [2.24, 2.45) is 0 Å². The first kappa shape index (κ1) is 20.1. The smallest absolute Gasteiger partial charge is 0.224 e. The summed E-state index contributed by atoms with van der Waals surface area (Å²) in [7, 11) is 3.23. The van der Waals surface area contributed by atoms with E-state index in [0.29, 0.717) is 17.9 Å². The second-order valence-electron chi connectivity index (χ2n) is 6.04. The van der Waals surface area contributed by atoms with Gasteiger partial charge in [0, 0.05) is 23.2 Å². The van der Waals surface area contributed by atoms with Crippen molar-refractivity contribution in [3.05, 3.63) is 52.0 Å². The molecule has 26 heavy (non-hydrogen) atoms. The van der Waals surface area contributed by atoms with Gasteiger partial charge in [-0.25, -0.2) is 0 Å². The second kappa shape index (κ2) is 9.48. The van der Waals surface area contributed by atoms with E-state index in [2.05, 4.69) is 12.2 Å². The number of carbonyl (C=O) groups is 1. The molecule has 0 heterocycles. The molecule has 0 aliphatic heterocycles. The zero-order valence-electron chi connectivity index (χ0n) is 15.8. The maximum atomic E-state index is 12.5. The van der Waals surface area contributed by atoms with Gasteiger partial charge < -0.3 is 14.8 Å². The molecule has 0 saturated carbocycles. The summed E-state index contributed by atoms with van der Waals surface area (Å²) in [5, 5.41) is 3.76. The molecule has 0 aliphatic carbocycles. The molecule has 4 nitrogen and oxygen atoms in total. The normalized spacial score (nSPS) is 10.5. The molecule has 0 unspecified atom stereocenters. The van der Waals surface area contributed by atoms with Gasteiger partial charge in [0.05, 0.1) is 14.2 Å². The van der Waals surface area contributed by atoms with Crippen LogP contribution in [0.1, 0.15) is 37.0 Å². The Kier molecular flexibility index (Phi) is 7.34. The van der Waals surface area contributed by atoms with Gasteiger partial charge >= 0.3 is 0 Å². The van der Waals surface area contributed by atoms with Gasteiger partial charge in [-0.2, -0.15) is 0 Å². The minimum Gasteiger partial charge on any atom is -0.497 e. The summed E-state index contributed by atoms with van der Waals surface area (Å²) in [5.41, 5.74) is 3.94. The summed E-state index contributed by atoms with van der Waals surface area (Å²) in [6.45, 7) is 4.11. The van der Waals surface area contributed by atoms with Crippen molar-refractivity contribution in [1.82, 2.24) is 0 Å². The Bertz CT molecular complexity index is 752. The summed E-state index contributed by atoms with van der Waals surface area (Å²) >= 11 is 6.30. The van der Waals surface area contributed by atoms with Gasteiger partial charge in [-0.3, -0.25) is 4.79 Å². The molecule has 1 amide bonds. The molecule has 2 aromatic rings. The highest BCUT2D eigenvalue weighted by Gasteiger charge is 2.13. The van der Waals surface area contributed by atoms with Crippen molar-refractivity contribution in [3.8, 4) is 11.5 Å². The van der Waals surface area contributed by atoms with Crippen LogP contribution in [-0.2, 0) is 24.1 Å². The molecular weight excluding hydrogens is 350 g/mol. The summed E-state index contributed by atoms with van der Waals surface area (Å²) in [5.74, 6) is 1.41. The van der Waals surface area contributed by atoms with E-state index in [4.69, 9.17) is 21.1 Å². The van der Waals surface area contributed by atoms with Crippen molar-refractivity contribution in [2.45, 2.75) is 39.5 Å². The van der Waals surface area contributed by atoms with Crippen molar-refractivity contribution < 1.29 is 14.3 Å². The third-order valence-electron chi connectivity index (χ3n) is 4.39. The molecule has 140 valence electrons. The van der Waals surface area contributed by atoms with E-state index in [0.717, 1.165) is 46.7 Å². The summed E-state index contributed by atoms with van der Waals surface area (Å²) < 4.78 is 10.6. The molecule has 5 heteroatoms. The first-order valence-corrected chi connectivity index (χ1v) is 9.22. The highest BCUT2D eigenvalue weighted by Crippen LogP contribution is 2.30. The largest absolute Gasteiger partial charge is 0.497 e. The van der Waals surface area contributed by atoms with Gasteiger partial charge in [0.2, 0.25) is 5.91 Å². The third kappa shape index (κ3) is 4.92. The number of aryl methyl sites for hydroxylation is 2. The Morgan fingerprint density at radius 2 is 1.69 bits per heavy atom.